The summed E-state index contributed by atoms with van der Waals surface area (Å²) >= 11 is 0. The average Bonchev–Trinajstić information content (AvgIpc) is 2.19. The van der Waals surface area contributed by atoms with Crippen LogP contribution in [-0.4, -0.2) is 31.6 Å². The molecule has 0 bridgehead atoms. The first-order valence-corrected chi connectivity index (χ1v) is 5.36. The molecule has 0 saturated heterocycles. The fourth-order valence-corrected chi connectivity index (χ4v) is 1.51. The number of ether oxygens (including phenoxy) is 1. The number of hydrogen-bond acceptors (Lipinski definition) is 3. The molecule has 0 aliphatic carbocycles. The summed E-state index contributed by atoms with van der Waals surface area (Å²) in [6.45, 7) is 5.23. The van der Waals surface area contributed by atoms with E-state index in [-0.39, 0.29) is 0 Å². The molecule has 2 N–H and O–H groups in total. The number of benzene rings is 1. The van der Waals surface area contributed by atoms with Gasteiger partial charge in [-0.15, -0.1) is 0 Å². The Morgan fingerprint density at radius 3 is 2.87 bits per heavy atom. The Balaban J connectivity index is 2.56. The molecule has 0 aromatic heterocycles. The van der Waals surface area contributed by atoms with Crippen LogP contribution in [0, 0.1) is 0 Å². The molecular weight excluding hydrogens is 188 g/mol. The van der Waals surface area contributed by atoms with Crippen LogP contribution in [0.15, 0.2) is 24.3 Å². The third-order valence-corrected chi connectivity index (χ3v) is 2.17. The predicted octanol–water partition coefficient (Wildman–Crippen LogP) is 1.48. The smallest absolute Gasteiger partial charge is 0.119 e. The number of hydrogen-bond donors (Lipinski definition) is 1. The molecule has 0 fully saturated rings. The number of nitrogens with zero attached hydrogens (tertiary/aromatic N) is 1. The van der Waals surface area contributed by atoms with Crippen molar-refractivity contribution in [2.24, 2.45) is 5.73 Å². The molecule has 0 saturated carbocycles. The van der Waals surface area contributed by atoms with Gasteiger partial charge in [0.15, 0.2) is 0 Å². The molecule has 1 aromatic carbocycles. The minimum Gasteiger partial charge on any atom is -0.494 e. The fourth-order valence-electron chi connectivity index (χ4n) is 1.51. The van der Waals surface area contributed by atoms with Gasteiger partial charge in [-0.05, 0) is 31.7 Å². The molecule has 1 aromatic rings. The maximum Gasteiger partial charge on any atom is 0.119 e. The molecule has 3 heteroatoms. The zero-order valence-corrected chi connectivity index (χ0v) is 9.57. The molecule has 0 unspecified atom stereocenters. The quantitative estimate of drug-likeness (QED) is 0.769. The first-order chi connectivity index (χ1) is 7.26. The molecule has 0 aliphatic heterocycles. The van der Waals surface area contributed by atoms with Crippen molar-refractivity contribution in [1.82, 2.24) is 4.90 Å². The third kappa shape index (κ3) is 4.32. The van der Waals surface area contributed by atoms with Gasteiger partial charge in [0.25, 0.3) is 0 Å². The summed E-state index contributed by atoms with van der Waals surface area (Å²) in [5.41, 5.74) is 6.76. The minimum atomic E-state index is 0.696. The van der Waals surface area contributed by atoms with Gasteiger partial charge < -0.3 is 15.4 Å². The van der Waals surface area contributed by atoms with E-state index in [4.69, 9.17) is 10.5 Å². The van der Waals surface area contributed by atoms with E-state index < -0.39 is 0 Å². The summed E-state index contributed by atoms with van der Waals surface area (Å²) < 4.78 is 5.44. The molecule has 15 heavy (non-hydrogen) atoms. The largest absolute Gasteiger partial charge is 0.494 e. The highest BCUT2D eigenvalue weighted by Crippen LogP contribution is 2.14. The second-order valence-electron chi connectivity index (χ2n) is 3.61. The summed E-state index contributed by atoms with van der Waals surface area (Å²) in [5, 5.41) is 0. The fraction of sp³-hybridized carbons (Fsp3) is 0.500. The first kappa shape index (κ1) is 12.0. The molecule has 0 spiro atoms. The third-order valence-electron chi connectivity index (χ3n) is 2.17. The molecule has 84 valence electrons. The van der Waals surface area contributed by atoms with Crippen molar-refractivity contribution in [1.29, 1.82) is 0 Å². The lowest BCUT2D eigenvalue weighted by molar-refractivity contribution is 0.328. The van der Waals surface area contributed by atoms with E-state index >= 15 is 0 Å². The Bertz CT molecular complexity index is 289. The normalized spacial score (nSPS) is 10.7. The van der Waals surface area contributed by atoms with Gasteiger partial charge in [-0.2, -0.15) is 0 Å². The van der Waals surface area contributed by atoms with Crippen molar-refractivity contribution in [3.63, 3.8) is 0 Å². The average molecular weight is 208 g/mol. The van der Waals surface area contributed by atoms with Crippen LogP contribution >= 0.6 is 0 Å². The van der Waals surface area contributed by atoms with Crippen LogP contribution < -0.4 is 10.5 Å². The van der Waals surface area contributed by atoms with E-state index in [1.54, 1.807) is 0 Å². The highest BCUT2D eigenvalue weighted by Gasteiger charge is 2.00. The Kier molecular flexibility index (Phi) is 5.15. The van der Waals surface area contributed by atoms with Crippen molar-refractivity contribution < 1.29 is 4.74 Å². The Morgan fingerprint density at radius 2 is 2.20 bits per heavy atom. The Morgan fingerprint density at radius 1 is 1.40 bits per heavy atom. The van der Waals surface area contributed by atoms with E-state index in [2.05, 4.69) is 24.1 Å². The second-order valence-corrected chi connectivity index (χ2v) is 3.61. The van der Waals surface area contributed by atoms with Crippen molar-refractivity contribution in [3.8, 4) is 5.75 Å². The maximum atomic E-state index is 5.49. The van der Waals surface area contributed by atoms with E-state index in [0.717, 1.165) is 18.8 Å². The Hall–Kier alpha value is -1.06. The van der Waals surface area contributed by atoms with E-state index in [1.165, 1.54) is 5.56 Å². The SMILES string of the molecule is CCOc1cccc(CN(C)CCN)c1. The second kappa shape index (κ2) is 6.43. The molecule has 1 rings (SSSR count). The molecule has 3 nitrogen and oxygen atoms in total. The highest BCUT2D eigenvalue weighted by atomic mass is 16.5. The van der Waals surface area contributed by atoms with Gasteiger partial charge in [-0.1, -0.05) is 12.1 Å². The van der Waals surface area contributed by atoms with Gasteiger partial charge in [0.2, 0.25) is 0 Å². The van der Waals surface area contributed by atoms with Crippen molar-refractivity contribution in [2.75, 3.05) is 26.7 Å². The first-order valence-electron chi connectivity index (χ1n) is 5.36. The highest BCUT2D eigenvalue weighted by molar-refractivity contribution is 5.28. The molecular formula is C12H20N2O. The summed E-state index contributed by atoms with van der Waals surface area (Å²) in [4.78, 5) is 2.20. The van der Waals surface area contributed by atoms with Crippen LogP contribution in [0.4, 0.5) is 0 Å². The van der Waals surface area contributed by atoms with Gasteiger partial charge in [0.05, 0.1) is 6.61 Å². The van der Waals surface area contributed by atoms with Crippen LogP contribution in [0.1, 0.15) is 12.5 Å². The molecule has 0 aliphatic rings. The van der Waals surface area contributed by atoms with E-state index in [9.17, 15) is 0 Å². The minimum absolute atomic E-state index is 0.696. The zero-order chi connectivity index (χ0) is 11.1. The topological polar surface area (TPSA) is 38.5 Å². The number of nitrogens with two attached hydrogens (primary N) is 1. The van der Waals surface area contributed by atoms with Crippen LogP contribution in [0.5, 0.6) is 5.75 Å². The lowest BCUT2D eigenvalue weighted by Gasteiger charge is -2.15. The standard InChI is InChI=1S/C12H20N2O/c1-3-15-12-6-4-5-11(9-12)10-14(2)8-7-13/h4-6,9H,3,7-8,10,13H2,1-2H3. The van der Waals surface area contributed by atoms with Crippen molar-refractivity contribution in [3.05, 3.63) is 29.8 Å². The number of rotatable bonds is 6. The van der Waals surface area contributed by atoms with Crippen LogP contribution in [0.3, 0.4) is 0 Å². The Labute approximate surface area is 91.8 Å². The van der Waals surface area contributed by atoms with E-state index in [1.807, 2.05) is 19.1 Å². The van der Waals surface area contributed by atoms with Crippen molar-refractivity contribution in [2.45, 2.75) is 13.5 Å². The molecule has 0 heterocycles. The monoisotopic (exact) mass is 208 g/mol. The summed E-state index contributed by atoms with van der Waals surface area (Å²) in [7, 11) is 2.07. The number of likely N-dealkylation sites (N-methyl/N-ethyl adjacent to an activating group) is 1. The van der Waals surface area contributed by atoms with Gasteiger partial charge in [-0.25, -0.2) is 0 Å². The van der Waals surface area contributed by atoms with Gasteiger partial charge in [0, 0.05) is 19.6 Å². The van der Waals surface area contributed by atoms with Gasteiger partial charge in [-0.3, -0.25) is 0 Å². The van der Waals surface area contributed by atoms with E-state index in [0.29, 0.717) is 13.2 Å². The maximum absolute atomic E-state index is 5.49. The molecule has 0 amide bonds. The zero-order valence-electron chi connectivity index (χ0n) is 9.57. The molecule has 0 radical (unpaired) electrons. The van der Waals surface area contributed by atoms with Crippen LogP contribution in [0.25, 0.3) is 0 Å². The summed E-state index contributed by atoms with van der Waals surface area (Å²) in [6.07, 6.45) is 0. The lowest BCUT2D eigenvalue weighted by atomic mass is 10.2. The van der Waals surface area contributed by atoms with Crippen LogP contribution in [0.2, 0.25) is 0 Å². The van der Waals surface area contributed by atoms with Crippen molar-refractivity contribution >= 4 is 0 Å². The molecule has 0 atom stereocenters. The summed E-state index contributed by atoms with van der Waals surface area (Å²) in [5.74, 6) is 0.941. The summed E-state index contributed by atoms with van der Waals surface area (Å²) in [6, 6.07) is 8.19. The lowest BCUT2D eigenvalue weighted by Crippen LogP contribution is -2.24. The van der Waals surface area contributed by atoms with Gasteiger partial charge >= 0.3 is 0 Å². The van der Waals surface area contributed by atoms with Crippen LogP contribution in [-0.2, 0) is 6.54 Å². The predicted molar refractivity (Wildman–Crippen MR) is 63.0 cm³/mol. The van der Waals surface area contributed by atoms with Gasteiger partial charge in [0.1, 0.15) is 5.75 Å².